The summed E-state index contributed by atoms with van der Waals surface area (Å²) in [7, 11) is 0. The number of benzene rings is 2. The molecule has 0 radical (unpaired) electrons. The summed E-state index contributed by atoms with van der Waals surface area (Å²) in [5.41, 5.74) is 1.45. The molecule has 1 aliphatic rings. The van der Waals surface area contributed by atoms with Crippen molar-refractivity contribution in [3.63, 3.8) is 0 Å². The van der Waals surface area contributed by atoms with Crippen LogP contribution in [0.5, 0.6) is 0 Å². The standard InChI is InChI=1S/C23H21Cl2N3O2/c24-19-8-7-18(15-20(19)25)22(29)17-9-13-27(14-10-17)23(30)21(28-12-4-11-26-28)16-5-2-1-3-6-16/h1-8,11-12,15,17,21H,9-10,13-14H2. The summed E-state index contributed by atoms with van der Waals surface area (Å²) in [4.78, 5) is 28.1. The van der Waals surface area contributed by atoms with Crippen LogP contribution in [-0.2, 0) is 4.79 Å². The van der Waals surface area contributed by atoms with Crippen LogP contribution in [-0.4, -0.2) is 39.5 Å². The average Bonchev–Trinajstić information content (AvgIpc) is 3.30. The second-order valence-electron chi connectivity index (χ2n) is 7.39. The fourth-order valence-corrected chi connectivity index (χ4v) is 4.20. The van der Waals surface area contributed by atoms with Crippen molar-refractivity contribution in [3.05, 3.63) is 88.2 Å². The first kappa shape index (κ1) is 20.6. The predicted octanol–water partition coefficient (Wildman–Crippen LogP) is 4.90. The molecule has 0 spiro atoms. The Labute approximate surface area is 185 Å². The van der Waals surface area contributed by atoms with E-state index in [9.17, 15) is 9.59 Å². The minimum absolute atomic E-state index is 0.00895. The largest absolute Gasteiger partial charge is 0.340 e. The Morgan fingerprint density at radius 2 is 1.70 bits per heavy atom. The summed E-state index contributed by atoms with van der Waals surface area (Å²) in [6.07, 6.45) is 4.71. The molecule has 1 aliphatic heterocycles. The molecule has 0 aliphatic carbocycles. The quantitative estimate of drug-likeness (QED) is 0.528. The van der Waals surface area contributed by atoms with Gasteiger partial charge in [-0.3, -0.25) is 14.3 Å². The zero-order valence-corrected chi connectivity index (χ0v) is 17.8. The molecule has 2 aromatic carbocycles. The summed E-state index contributed by atoms with van der Waals surface area (Å²) >= 11 is 12.0. The van der Waals surface area contributed by atoms with Gasteiger partial charge in [0.15, 0.2) is 11.8 Å². The van der Waals surface area contributed by atoms with Crippen LogP contribution in [0, 0.1) is 5.92 Å². The summed E-state index contributed by atoms with van der Waals surface area (Å²) in [5.74, 6) is -0.0936. The molecule has 1 saturated heterocycles. The van der Waals surface area contributed by atoms with Crippen LogP contribution in [0.1, 0.15) is 34.8 Å². The summed E-state index contributed by atoms with van der Waals surface area (Å²) in [6.45, 7) is 1.06. The van der Waals surface area contributed by atoms with E-state index in [2.05, 4.69) is 5.10 Å². The van der Waals surface area contributed by atoms with Gasteiger partial charge in [-0.15, -0.1) is 0 Å². The highest BCUT2D eigenvalue weighted by molar-refractivity contribution is 6.42. The van der Waals surface area contributed by atoms with Gasteiger partial charge in [-0.05, 0) is 42.7 Å². The van der Waals surface area contributed by atoms with E-state index < -0.39 is 6.04 Å². The van der Waals surface area contributed by atoms with Crippen LogP contribution in [0.25, 0.3) is 0 Å². The molecule has 30 heavy (non-hydrogen) atoms. The van der Waals surface area contributed by atoms with Gasteiger partial charge in [0.1, 0.15) is 0 Å². The van der Waals surface area contributed by atoms with Crippen LogP contribution in [0.3, 0.4) is 0 Å². The highest BCUT2D eigenvalue weighted by atomic mass is 35.5. The molecule has 154 valence electrons. The van der Waals surface area contributed by atoms with Gasteiger partial charge < -0.3 is 4.90 Å². The average molecular weight is 442 g/mol. The van der Waals surface area contributed by atoms with Gasteiger partial charge in [-0.1, -0.05) is 53.5 Å². The maximum absolute atomic E-state index is 13.4. The number of halogens is 2. The zero-order chi connectivity index (χ0) is 21.1. The summed E-state index contributed by atoms with van der Waals surface area (Å²) < 4.78 is 1.69. The number of nitrogens with zero attached hydrogens (tertiary/aromatic N) is 3. The van der Waals surface area contributed by atoms with Crippen molar-refractivity contribution in [2.75, 3.05) is 13.1 Å². The van der Waals surface area contributed by atoms with Crippen molar-refractivity contribution < 1.29 is 9.59 Å². The number of carbonyl (C=O) groups excluding carboxylic acids is 2. The number of rotatable bonds is 5. The number of aromatic nitrogens is 2. The highest BCUT2D eigenvalue weighted by Gasteiger charge is 2.33. The number of hydrogen-bond donors (Lipinski definition) is 0. The Morgan fingerprint density at radius 1 is 0.967 bits per heavy atom. The normalized spacial score (nSPS) is 15.7. The van der Waals surface area contributed by atoms with E-state index in [0.29, 0.717) is 41.5 Å². The molecule has 0 bridgehead atoms. The van der Waals surface area contributed by atoms with Crippen LogP contribution < -0.4 is 0 Å². The van der Waals surface area contributed by atoms with Gasteiger partial charge in [0.25, 0.3) is 5.91 Å². The maximum atomic E-state index is 13.4. The van der Waals surface area contributed by atoms with E-state index in [4.69, 9.17) is 23.2 Å². The molecule has 0 saturated carbocycles. The van der Waals surface area contributed by atoms with Crippen molar-refractivity contribution >= 4 is 34.9 Å². The van der Waals surface area contributed by atoms with Gasteiger partial charge in [0.2, 0.25) is 0 Å². The van der Waals surface area contributed by atoms with Crippen LogP contribution in [0.15, 0.2) is 67.0 Å². The summed E-state index contributed by atoms with van der Waals surface area (Å²) in [6, 6.07) is 15.9. The molecule has 2 heterocycles. The van der Waals surface area contributed by atoms with Crippen molar-refractivity contribution in [1.82, 2.24) is 14.7 Å². The molecule has 5 nitrogen and oxygen atoms in total. The third-order valence-corrected chi connectivity index (χ3v) is 6.26. The second-order valence-corrected chi connectivity index (χ2v) is 8.21. The Kier molecular flexibility index (Phi) is 6.21. The third kappa shape index (κ3) is 4.27. The maximum Gasteiger partial charge on any atom is 0.252 e. The number of ketones is 1. The molecule has 1 aromatic heterocycles. The fourth-order valence-electron chi connectivity index (χ4n) is 3.90. The van der Waals surface area contributed by atoms with Crippen molar-refractivity contribution in [1.29, 1.82) is 0 Å². The minimum Gasteiger partial charge on any atom is -0.340 e. The lowest BCUT2D eigenvalue weighted by molar-refractivity contribution is -0.135. The van der Waals surface area contributed by atoms with Gasteiger partial charge in [-0.25, -0.2) is 0 Å². The van der Waals surface area contributed by atoms with E-state index in [1.807, 2.05) is 41.3 Å². The smallest absolute Gasteiger partial charge is 0.252 e. The van der Waals surface area contributed by atoms with Crippen molar-refractivity contribution in [2.45, 2.75) is 18.9 Å². The lowest BCUT2D eigenvalue weighted by Gasteiger charge is -2.34. The lowest BCUT2D eigenvalue weighted by Crippen LogP contribution is -2.44. The monoisotopic (exact) mass is 441 g/mol. The second kappa shape index (κ2) is 9.02. The number of Topliss-reactive ketones (excluding diaryl/α,β-unsaturated/α-hetero) is 1. The first-order chi connectivity index (χ1) is 14.5. The molecule has 1 fully saturated rings. The molecule has 7 heteroatoms. The van der Waals surface area contributed by atoms with Crippen LogP contribution in [0.2, 0.25) is 10.0 Å². The Balaban J connectivity index is 1.46. The van der Waals surface area contributed by atoms with Crippen LogP contribution in [0.4, 0.5) is 0 Å². The van der Waals surface area contributed by atoms with Crippen LogP contribution >= 0.6 is 23.2 Å². The Morgan fingerprint density at radius 3 is 2.33 bits per heavy atom. The van der Waals surface area contributed by atoms with Gasteiger partial charge in [0, 0.05) is 37.0 Å². The zero-order valence-electron chi connectivity index (χ0n) is 16.2. The lowest BCUT2D eigenvalue weighted by atomic mass is 9.88. The van der Waals surface area contributed by atoms with E-state index >= 15 is 0 Å². The van der Waals surface area contributed by atoms with Gasteiger partial charge >= 0.3 is 0 Å². The number of carbonyl (C=O) groups is 2. The SMILES string of the molecule is O=C(c1ccc(Cl)c(Cl)c1)C1CCN(C(=O)C(c2ccccc2)n2cccn2)CC1. The number of hydrogen-bond acceptors (Lipinski definition) is 3. The topological polar surface area (TPSA) is 55.2 Å². The van der Waals surface area contributed by atoms with E-state index in [1.54, 1.807) is 35.3 Å². The van der Waals surface area contributed by atoms with Crippen molar-refractivity contribution in [2.24, 2.45) is 5.92 Å². The Hall–Kier alpha value is -2.63. The third-order valence-electron chi connectivity index (χ3n) is 5.52. The summed E-state index contributed by atoms with van der Waals surface area (Å²) in [5, 5.41) is 5.10. The fraction of sp³-hybridized carbons (Fsp3) is 0.261. The van der Waals surface area contributed by atoms with E-state index in [1.165, 1.54) is 0 Å². The molecule has 1 amide bonds. The Bertz CT molecular complexity index is 1030. The molecule has 3 aromatic rings. The first-order valence-electron chi connectivity index (χ1n) is 9.86. The molecular weight excluding hydrogens is 421 g/mol. The molecule has 0 N–H and O–H groups in total. The number of amides is 1. The molecule has 1 atom stereocenters. The number of likely N-dealkylation sites (tertiary alicyclic amines) is 1. The van der Waals surface area contributed by atoms with Gasteiger partial charge in [0.05, 0.1) is 10.0 Å². The molecule has 1 unspecified atom stereocenters. The highest BCUT2D eigenvalue weighted by Crippen LogP contribution is 2.28. The van der Waals surface area contributed by atoms with Crippen molar-refractivity contribution in [3.8, 4) is 0 Å². The van der Waals surface area contributed by atoms with E-state index in [0.717, 1.165) is 5.56 Å². The predicted molar refractivity (Wildman–Crippen MR) is 117 cm³/mol. The minimum atomic E-state index is -0.511. The van der Waals surface area contributed by atoms with E-state index in [-0.39, 0.29) is 17.6 Å². The molecular formula is C23H21Cl2N3O2. The first-order valence-corrected chi connectivity index (χ1v) is 10.6. The van der Waals surface area contributed by atoms with Gasteiger partial charge in [-0.2, -0.15) is 5.10 Å². The number of piperidine rings is 1. The molecule has 4 rings (SSSR count).